The van der Waals surface area contributed by atoms with Gasteiger partial charge in [0.15, 0.2) is 17.7 Å². The Morgan fingerprint density at radius 3 is 2.83 bits per heavy atom. The summed E-state index contributed by atoms with van der Waals surface area (Å²) in [5.41, 5.74) is 0. The Morgan fingerprint density at radius 2 is 2.28 bits per heavy atom. The van der Waals surface area contributed by atoms with Gasteiger partial charge in [0, 0.05) is 4.47 Å². The third kappa shape index (κ3) is 3.99. The Labute approximate surface area is 112 Å². The molecule has 1 aromatic rings. The zero-order valence-corrected chi connectivity index (χ0v) is 11.4. The molecule has 0 fully saturated rings. The van der Waals surface area contributed by atoms with Gasteiger partial charge in [0.05, 0.1) is 0 Å². The molecule has 0 saturated carbocycles. The SMILES string of the molecule is CC(=NO)NC(=O)[C@H](C)Oc1ccc(Br)cc1F. The summed E-state index contributed by atoms with van der Waals surface area (Å²) in [5, 5.41) is 13.5. The fraction of sp³-hybridized carbons (Fsp3) is 0.273. The van der Waals surface area contributed by atoms with Gasteiger partial charge in [0.1, 0.15) is 5.84 Å². The molecule has 1 atom stereocenters. The molecular formula is C11H12BrFN2O3. The van der Waals surface area contributed by atoms with Crippen molar-refractivity contribution < 1.29 is 19.1 Å². The van der Waals surface area contributed by atoms with E-state index in [-0.39, 0.29) is 11.6 Å². The Morgan fingerprint density at radius 1 is 1.61 bits per heavy atom. The molecule has 0 aliphatic rings. The molecule has 2 N–H and O–H groups in total. The zero-order valence-electron chi connectivity index (χ0n) is 9.78. The topological polar surface area (TPSA) is 70.9 Å². The van der Waals surface area contributed by atoms with Crippen molar-refractivity contribution in [1.29, 1.82) is 0 Å². The molecule has 0 aromatic heterocycles. The van der Waals surface area contributed by atoms with E-state index in [2.05, 4.69) is 26.4 Å². The number of carbonyl (C=O) groups is 1. The number of nitrogens with one attached hydrogen (secondary N) is 1. The summed E-state index contributed by atoms with van der Waals surface area (Å²) in [6, 6.07) is 4.25. The van der Waals surface area contributed by atoms with Crippen molar-refractivity contribution in [3.63, 3.8) is 0 Å². The Hall–Kier alpha value is -1.63. The molecule has 1 rings (SSSR count). The average Bonchev–Trinajstić information content (AvgIpc) is 2.32. The summed E-state index contributed by atoms with van der Waals surface area (Å²) in [7, 11) is 0. The Bertz CT molecular complexity index is 479. The fourth-order valence-electron chi connectivity index (χ4n) is 1.12. The van der Waals surface area contributed by atoms with Crippen molar-refractivity contribution in [1.82, 2.24) is 5.32 Å². The second-order valence-corrected chi connectivity index (χ2v) is 4.43. The van der Waals surface area contributed by atoms with Crippen LogP contribution >= 0.6 is 15.9 Å². The van der Waals surface area contributed by atoms with Crippen LogP contribution in [-0.2, 0) is 4.79 Å². The molecule has 0 heterocycles. The summed E-state index contributed by atoms with van der Waals surface area (Å²) in [5.74, 6) is -1.10. The van der Waals surface area contributed by atoms with Crippen LogP contribution in [0.25, 0.3) is 0 Å². The van der Waals surface area contributed by atoms with E-state index >= 15 is 0 Å². The van der Waals surface area contributed by atoms with Gasteiger partial charge in [-0.1, -0.05) is 21.1 Å². The van der Waals surface area contributed by atoms with Gasteiger partial charge in [-0.25, -0.2) is 4.39 Å². The smallest absolute Gasteiger partial charge is 0.266 e. The molecule has 0 aliphatic heterocycles. The van der Waals surface area contributed by atoms with Gasteiger partial charge in [-0.3, -0.25) is 4.79 Å². The molecule has 0 radical (unpaired) electrons. The van der Waals surface area contributed by atoms with Gasteiger partial charge in [0.25, 0.3) is 5.91 Å². The van der Waals surface area contributed by atoms with E-state index in [0.29, 0.717) is 4.47 Å². The molecule has 0 bridgehead atoms. The highest BCUT2D eigenvalue weighted by Crippen LogP contribution is 2.22. The van der Waals surface area contributed by atoms with Crippen LogP contribution < -0.4 is 10.1 Å². The van der Waals surface area contributed by atoms with Crippen molar-refractivity contribution in [3.05, 3.63) is 28.5 Å². The summed E-state index contributed by atoms with van der Waals surface area (Å²) in [6.07, 6.45) is -0.919. The average molecular weight is 319 g/mol. The highest BCUT2D eigenvalue weighted by atomic mass is 79.9. The van der Waals surface area contributed by atoms with Crippen LogP contribution in [0.1, 0.15) is 13.8 Å². The maximum atomic E-state index is 13.5. The minimum atomic E-state index is -0.919. The van der Waals surface area contributed by atoms with Gasteiger partial charge in [-0.2, -0.15) is 0 Å². The van der Waals surface area contributed by atoms with Crippen LogP contribution in [0.3, 0.4) is 0 Å². The number of carbonyl (C=O) groups excluding carboxylic acids is 1. The van der Waals surface area contributed by atoms with Gasteiger partial charge in [-0.15, -0.1) is 0 Å². The number of oxime groups is 1. The maximum absolute atomic E-state index is 13.5. The van der Waals surface area contributed by atoms with Crippen molar-refractivity contribution >= 4 is 27.7 Å². The molecule has 1 aromatic carbocycles. The fourth-order valence-corrected chi connectivity index (χ4v) is 1.45. The Balaban J connectivity index is 2.69. The second-order valence-electron chi connectivity index (χ2n) is 3.51. The zero-order chi connectivity index (χ0) is 13.7. The largest absolute Gasteiger partial charge is 0.478 e. The number of ether oxygens (including phenoxy) is 1. The summed E-state index contributed by atoms with van der Waals surface area (Å²) >= 11 is 3.12. The van der Waals surface area contributed by atoms with E-state index < -0.39 is 17.8 Å². The molecule has 5 nitrogen and oxygen atoms in total. The first-order chi connectivity index (χ1) is 8.43. The van der Waals surface area contributed by atoms with Gasteiger partial charge >= 0.3 is 0 Å². The van der Waals surface area contributed by atoms with Gasteiger partial charge in [-0.05, 0) is 32.0 Å². The third-order valence-electron chi connectivity index (χ3n) is 2.02. The van der Waals surface area contributed by atoms with Crippen molar-refractivity contribution in [3.8, 4) is 5.75 Å². The van der Waals surface area contributed by atoms with Gasteiger partial charge < -0.3 is 15.3 Å². The standard InChI is InChI=1S/C11H12BrFN2O3/c1-6(11(16)14-7(2)15-17)18-10-4-3-8(12)5-9(10)13/h3-6,17H,1-2H3,(H,14,15,16)/t6-/m0/s1. The van der Waals surface area contributed by atoms with E-state index in [1.165, 1.54) is 26.0 Å². The molecule has 18 heavy (non-hydrogen) atoms. The first-order valence-electron chi connectivity index (χ1n) is 5.05. The van der Waals surface area contributed by atoms with Crippen LogP contribution in [0.2, 0.25) is 0 Å². The van der Waals surface area contributed by atoms with Crippen molar-refractivity contribution in [2.45, 2.75) is 20.0 Å². The Kier molecular flexibility index (Phi) is 5.08. The molecule has 7 heteroatoms. The molecular weight excluding hydrogens is 307 g/mol. The highest BCUT2D eigenvalue weighted by Gasteiger charge is 2.17. The summed E-state index contributed by atoms with van der Waals surface area (Å²) < 4.78 is 19.2. The molecule has 0 unspecified atom stereocenters. The number of amides is 1. The predicted octanol–water partition coefficient (Wildman–Crippen LogP) is 2.28. The lowest BCUT2D eigenvalue weighted by Crippen LogP contribution is -2.39. The van der Waals surface area contributed by atoms with Crippen molar-refractivity contribution in [2.24, 2.45) is 5.16 Å². The van der Waals surface area contributed by atoms with E-state index in [1.54, 1.807) is 6.07 Å². The highest BCUT2D eigenvalue weighted by molar-refractivity contribution is 9.10. The lowest BCUT2D eigenvalue weighted by atomic mass is 10.3. The lowest BCUT2D eigenvalue weighted by molar-refractivity contribution is -0.125. The first-order valence-corrected chi connectivity index (χ1v) is 5.84. The van der Waals surface area contributed by atoms with Crippen LogP contribution in [0, 0.1) is 5.82 Å². The minimum Gasteiger partial charge on any atom is -0.478 e. The number of hydrogen-bond donors (Lipinski definition) is 2. The van der Waals surface area contributed by atoms with E-state index in [9.17, 15) is 9.18 Å². The van der Waals surface area contributed by atoms with Crippen LogP contribution in [0.15, 0.2) is 27.8 Å². The monoisotopic (exact) mass is 318 g/mol. The number of amidine groups is 1. The number of hydrogen-bond acceptors (Lipinski definition) is 4. The predicted molar refractivity (Wildman–Crippen MR) is 67.2 cm³/mol. The number of benzene rings is 1. The van der Waals surface area contributed by atoms with Crippen LogP contribution in [0.4, 0.5) is 4.39 Å². The molecule has 0 spiro atoms. The van der Waals surface area contributed by atoms with E-state index in [1.807, 2.05) is 0 Å². The van der Waals surface area contributed by atoms with Crippen molar-refractivity contribution in [2.75, 3.05) is 0 Å². The second kappa shape index (κ2) is 6.34. The summed E-state index contributed by atoms with van der Waals surface area (Å²) in [4.78, 5) is 11.5. The molecule has 98 valence electrons. The molecule has 0 saturated heterocycles. The normalized spacial score (nSPS) is 13.0. The van der Waals surface area contributed by atoms with Gasteiger partial charge in [0.2, 0.25) is 0 Å². The van der Waals surface area contributed by atoms with E-state index in [4.69, 9.17) is 9.94 Å². The van der Waals surface area contributed by atoms with E-state index in [0.717, 1.165) is 0 Å². The third-order valence-corrected chi connectivity index (χ3v) is 2.51. The summed E-state index contributed by atoms with van der Waals surface area (Å²) in [6.45, 7) is 2.87. The minimum absolute atomic E-state index is 0.0283. The van der Waals surface area contributed by atoms with Crippen LogP contribution in [-0.4, -0.2) is 23.1 Å². The number of nitrogens with zero attached hydrogens (tertiary/aromatic N) is 1. The number of halogens is 2. The first kappa shape index (κ1) is 14.4. The molecule has 1 amide bonds. The maximum Gasteiger partial charge on any atom is 0.266 e. The number of rotatable bonds is 3. The quantitative estimate of drug-likeness (QED) is 0.389. The van der Waals surface area contributed by atoms with Crippen LogP contribution in [0.5, 0.6) is 5.75 Å². The molecule has 0 aliphatic carbocycles. The lowest BCUT2D eigenvalue weighted by Gasteiger charge is -2.14.